The Labute approximate surface area is 278 Å². The average molecular weight is 693 g/mol. The largest absolute Gasteiger partial charge is 0.508 e. The molecule has 0 aromatic heterocycles. The van der Waals surface area contributed by atoms with Gasteiger partial charge in [0.15, 0.2) is 0 Å². The van der Waals surface area contributed by atoms with Crippen LogP contribution in [0.3, 0.4) is 0 Å². The first-order chi connectivity index (χ1) is 22.4. The van der Waals surface area contributed by atoms with Crippen LogP contribution in [0.5, 0.6) is 5.75 Å². The zero-order chi connectivity index (χ0) is 35.1. The molecule has 4 aliphatic rings. The molecule has 48 heavy (non-hydrogen) atoms. The van der Waals surface area contributed by atoms with Crippen molar-refractivity contribution in [1.82, 2.24) is 0 Å². The summed E-state index contributed by atoms with van der Waals surface area (Å²) in [7, 11) is 0. The Morgan fingerprint density at radius 1 is 0.917 bits per heavy atom. The summed E-state index contributed by atoms with van der Waals surface area (Å²) in [5.41, 5.74) is 2.94. The van der Waals surface area contributed by atoms with Crippen LogP contribution < -0.4 is 0 Å². The van der Waals surface area contributed by atoms with E-state index in [2.05, 4.69) is 13.0 Å². The molecule has 1 aromatic rings. The summed E-state index contributed by atoms with van der Waals surface area (Å²) in [4.78, 5) is 11.5. The smallest absolute Gasteiger partial charge is 0.459 e. The second-order valence-electron chi connectivity index (χ2n) is 15.8. The molecule has 1 spiro atoms. The van der Waals surface area contributed by atoms with E-state index in [9.17, 15) is 50.8 Å². The third-order valence-electron chi connectivity index (χ3n) is 13.2. The van der Waals surface area contributed by atoms with Crippen LogP contribution in [0.1, 0.15) is 133 Å². The molecule has 0 amide bonds. The van der Waals surface area contributed by atoms with Crippen molar-refractivity contribution in [2.24, 2.45) is 34.5 Å². The number of rotatable bonds is 16. The molecule has 272 valence electrons. The molecule has 0 saturated heterocycles. The van der Waals surface area contributed by atoms with E-state index in [4.69, 9.17) is 0 Å². The Morgan fingerprint density at radius 3 is 2.17 bits per heavy atom. The fourth-order valence-electron chi connectivity index (χ4n) is 10.3. The molecule has 5 rings (SSSR count). The normalized spacial score (nSPS) is 30.1. The van der Waals surface area contributed by atoms with Crippen molar-refractivity contribution in [3.63, 3.8) is 0 Å². The Kier molecular flexibility index (Phi) is 10.8. The van der Waals surface area contributed by atoms with Gasteiger partial charge in [-0.15, -0.1) is 0 Å². The lowest BCUT2D eigenvalue weighted by Gasteiger charge is -2.54. The fraction of sp³-hybridized carbons (Fsp3) is 0.811. The number of carboxylic acid groups (broad SMARTS) is 1. The van der Waals surface area contributed by atoms with Crippen LogP contribution in [-0.4, -0.2) is 45.4 Å². The van der Waals surface area contributed by atoms with Crippen molar-refractivity contribution < 1.29 is 50.8 Å². The van der Waals surface area contributed by atoms with Gasteiger partial charge in [0.2, 0.25) is 0 Å². The maximum atomic E-state index is 13.6. The summed E-state index contributed by atoms with van der Waals surface area (Å²) >= 11 is 0. The van der Waals surface area contributed by atoms with Gasteiger partial charge in [0.05, 0.1) is 12.0 Å². The van der Waals surface area contributed by atoms with Crippen LogP contribution >= 0.6 is 0 Å². The lowest BCUT2D eigenvalue weighted by molar-refractivity contribution is -0.355. The molecular weight excluding hydrogens is 641 g/mol. The number of unbranched alkanes of at least 4 members (excludes halogenated alkanes) is 6. The average Bonchev–Trinajstić information content (AvgIpc) is 3.79. The van der Waals surface area contributed by atoms with Gasteiger partial charge >= 0.3 is 24.0 Å². The van der Waals surface area contributed by atoms with Gasteiger partial charge < -0.3 is 15.3 Å². The molecule has 7 atom stereocenters. The molecule has 4 aliphatic carbocycles. The number of carbonyl (C=O) groups is 1. The highest BCUT2D eigenvalue weighted by molar-refractivity contribution is 5.69. The molecule has 3 fully saturated rings. The molecule has 3 N–H and O–H groups in total. The van der Waals surface area contributed by atoms with Gasteiger partial charge in [-0.25, -0.2) is 0 Å². The number of alkyl halides is 7. The molecule has 4 unspecified atom stereocenters. The van der Waals surface area contributed by atoms with E-state index in [-0.39, 0.29) is 29.8 Å². The third kappa shape index (κ3) is 6.96. The number of aromatic hydroxyl groups is 1. The first kappa shape index (κ1) is 37.2. The highest BCUT2D eigenvalue weighted by Crippen LogP contribution is 2.76. The number of aliphatic carboxylic acids is 1. The Morgan fingerprint density at radius 2 is 1.54 bits per heavy atom. The Hall–Kier alpha value is -2.04. The summed E-state index contributed by atoms with van der Waals surface area (Å²) in [6, 6.07) is 5.87. The monoisotopic (exact) mass is 692 g/mol. The highest BCUT2D eigenvalue weighted by atomic mass is 19.4. The predicted octanol–water partition coefficient (Wildman–Crippen LogP) is 10.4. The minimum absolute atomic E-state index is 0.107. The van der Waals surface area contributed by atoms with Crippen molar-refractivity contribution in [2.45, 2.75) is 153 Å². The highest BCUT2D eigenvalue weighted by Gasteiger charge is 2.73. The van der Waals surface area contributed by atoms with Crippen molar-refractivity contribution in [1.29, 1.82) is 0 Å². The number of aliphatic hydroxyl groups excluding tert-OH is 1. The minimum Gasteiger partial charge on any atom is -0.508 e. The summed E-state index contributed by atoms with van der Waals surface area (Å²) in [5.74, 6) is -11.5. The van der Waals surface area contributed by atoms with Gasteiger partial charge in [0.25, 0.3) is 0 Å². The molecule has 0 radical (unpaired) electrons. The van der Waals surface area contributed by atoms with Crippen LogP contribution in [0, 0.1) is 34.5 Å². The third-order valence-corrected chi connectivity index (χ3v) is 13.2. The number of halogens is 7. The van der Waals surface area contributed by atoms with Gasteiger partial charge in [0.1, 0.15) is 5.75 Å². The Balaban J connectivity index is 1.04. The van der Waals surface area contributed by atoms with E-state index in [1.54, 1.807) is 0 Å². The summed E-state index contributed by atoms with van der Waals surface area (Å²) in [5, 5.41) is 30.8. The first-order valence-corrected chi connectivity index (χ1v) is 18.0. The standard InChI is InChI=1S/C37H51F7O4/c1-33-17-15-28-27-14-13-26(45)21-25(27)20-24(31(28)29(33)22-30(46)34(33)18-19-34)11-8-6-4-2-3-5-7-10-23(32(47)48)12-9-16-35(38,39)36(40,41)37(42,43)44/h13-14,21,23-24,28-31,45-46H,2-12,15-20,22H2,1H3,(H,47,48)/t23?,24-,28?,29?,30-,31?,33+/m1/s1. The maximum Gasteiger partial charge on any atom is 0.459 e. The number of aliphatic hydroxyl groups is 1. The van der Waals surface area contributed by atoms with E-state index < -0.39 is 42.8 Å². The van der Waals surface area contributed by atoms with Crippen LogP contribution in [0.4, 0.5) is 30.7 Å². The quantitative estimate of drug-likeness (QED) is 0.119. The number of benzene rings is 1. The molecule has 0 bridgehead atoms. The number of phenolic OH excluding ortho intramolecular Hbond substituents is 1. The fourth-order valence-corrected chi connectivity index (χ4v) is 10.3. The minimum atomic E-state index is -6.38. The predicted molar refractivity (Wildman–Crippen MR) is 167 cm³/mol. The second-order valence-corrected chi connectivity index (χ2v) is 15.8. The van der Waals surface area contributed by atoms with Gasteiger partial charge in [-0.3, -0.25) is 4.79 Å². The number of phenols is 1. The van der Waals surface area contributed by atoms with Crippen LogP contribution in [0.25, 0.3) is 0 Å². The molecular formula is C37H51F7O4. The maximum absolute atomic E-state index is 13.6. The van der Waals surface area contributed by atoms with Crippen molar-refractivity contribution in [2.75, 3.05) is 0 Å². The van der Waals surface area contributed by atoms with E-state index in [1.165, 1.54) is 11.1 Å². The van der Waals surface area contributed by atoms with Crippen LogP contribution in [0.2, 0.25) is 0 Å². The van der Waals surface area contributed by atoms with E-state index in [1.807, 2.05) is 12.1 Å². The first-order valence-electron chi connectivity index (χ1n) is 18.0. The second kappa shape index (κ2) is 13.9. The van der Waals surface area contributed by atoms with Gasteiger partial charge in [-0.05, 0) is 117 Å². The molecule has 3 saturated carbocycles. The number of hydrogen-bond donors (Lipinski definition) is 3. The molecule has 1 aromatic carbocycles. The van der Waals surface area contributed by atoms with Crippen molar-refractivity contribution in [3.8, 4) is 5.75 Å². The van der Waals surface area contributed by atoms with Crippen LogP contribution in [0.15, 0.2) is 18.2 Å². The summed E-state index contributed by atoms with van der Waals surface area (Å²) < 4.78 is 90.4. The lowest BCUT2D eigenvalue weighted by atomic mass is 9.50. The van der Waals surface area contributed by atoms with Crippen LogP contribution in [-0.2, 0) is 11.2 Å². The van der Waals surface area contributed by atoms with E-state index >= 15 is 0 Å². The van der Waals surface area contributed by atoms with E-state index in [0.717, 1.165) is 83.5 Å². The molecule has 11 heteroatoms. The Bertz CT molecular complexity index is 1280. The van der Waals surface area contributed by atoms with E-state index in [0.29, 0.717) is 35.8 Å². The SMILES string of the molecule is C[C@]12CCC3c4ccc(O)cc4C[C@@H](CCCCCCCCCC(CCCC(F)(F)C(F)(F)C(F)(F)F)C(=O)O)C3C1C[C@@H](O)C21CC1. The number of carboxylic acids is 1. The van der Waals surface area contributed by atoms with Crippen molar-refractivity contribution >= 4 is 5.97 Å². The van der Waals surface area contributed by atoms with Gasteiger partial charge in [-0.1, -0.05) is 57.9 Å². The molecule has 0 aliphatic heterocycles. The lowest BCUT2D eigenvalue weighted by Crippen LogP contribution is -2.51. The number of hydrogen-bond acceptors (Lipinski definition) is 3. The zero-order valence-electron chi connectivity index (χ0n) is 27.8. The van der Waals surface area contributed by atoms with Gasteiger partial charge in [-0.2, -0.15) is 30.7 Å². The van der Waals surface area contributed by atoms with Crippen molar-refractivity contribution in [3.05, 3.63) is 29.3 Å². The number of fused-ring (bicyclic) bond motifs is 6. The van der Waals surface area contributed by atoms with Gasteiger partial charge in [0, 0.05) is 11.8 Å². The summed E-state index contributed by atoms with van der Waals surface area (Å²) in [6.45, 7) is 2.44. The zero-order valence-corrected chi connectivity index (χ0v) is 27.8. The molecule has 4 nitrogen and oxygen atoms in total. The summed E-state index contributed by atoms with van der Waals surface area (Å²) in [6.07, 6.45) is 4.42. The topological polar surface area (TPSA) is 77.8 Å². The molecule has 0 heterocycles.